The standard InChI is InChI=1S/C58H81F2N11O10S/c1-37(2)52(69-48(72)13-7-6-9-26-70-49(73)20-21-50(70)74)56(77)68-46(12-11-25-63-57(61)78)55(76)66-43-17-14-39(15-18-43)35-81-58(79)64-24-8-4-5-10-29-82-36-51(75)71(34-41-32-62-31-38(41)3)53(40-22-27-80-28-23-40)54-65-33-47(67-54)44-30-42(59)16-19-45(44)60/h14-21,30,33,37-38,40-41,46,52-53,62H,4-13,22-29,31-32,34-36H2,1-3H3,(H,64,79)(H,65,67)(H,66,76)(H,68,77)(H,69,72)(H3,61,63,78)/t38-,41-,46-,52-,53+/m0/s1. The highest BCUT2D eigenvalue weighted by Crippen LogP contribution is 2.37. The predicted octanol–water partition coefficient (Wildman–Crippen LogP) is 6.22. The van der Waals surface area contributed by atoms with Crippen LogP contribution in [0.2, 0.25) is 0 Å². The molecule has 0 saturated carbocycles. The van der Waals surface area contributed by atoms with Gasteiger partial charge in [0.15, 0.2) is 0 Å². The van der Waals surface area contributed by atoms with Crippen LogP contribution >= 0.6 is 11.8 Å². The number of hydrogen-bond acceptors (Lipinski definition) is 13. The fraction of sp³-hybridized carbons (Fsp3) is 0.569. The smallest absolute Gasteiger partial charge is 0.407 e. The summed E-state index contributed by atoms with van der Waals surface area (Å²) in [5.74, 6) is -1.35. The summed E-state index contributed by atoms with van der Waals surface area (Å²) in [7, 11) is 0. The first kappa shape index (κ1) is 64.3. The molecule has 21 nitrogen and oxygen atoms in total. The van der Waals surface area contributed by atoms with Crippen molar-refractivity contribution in [1.29, 1.82) is 0 Å². The number of halogens is 2. The normalized spacial score (nSPS) is 17.3. The van der Waals surface area contributed by atoms with Gasteiger partial charge < -0.3 is 57.0 Å². The molecule has 9 N–H and O–H groups in total. The number of alkyl carbamates (subject to hydrolysis) is 1. The van der Waals surface area contributed by atoms with Gasteiger partial charge in [-0.2, -0.15) is 11.8 Å². The highest BCUT2D eigenvalue weighted by Gasteiger charge is 2.38. The van der Waals surface area contributed by atoms with Crippen molar-refractivity contribution in [3.8, 4) is 11.3 Å². The van der Waals surface area contributed by atoms with Crippen molar-refractivity contribution < 1.29 is 56.6 Å². The van der Waals surface area contributed by atoms with Crippen LogP contribution < -0.4 is 37.6 Å². The third-order valence-corrected chi connectivity index (χ3v) is 16.0. The minimum Gasteiger partial charge on any atom is -0.445 e. The van der Waals surface area contributed by atoms with Crippen molar-refractivity contribution in [2.24, 2.45) is 29.4 Å². The number of thioether (sulfide) groups is 1. The molecule has 24 heteroatoms. The zero-order valence-electron chi connectivity index (χ0n) is 47.2. The van der Waals surface area contributed by atoms with E-state index in [2.05, 4.69) is 43.8 Å². The number of carbonyl (C=O) groups excluding carboxylic acids is 8. The van der Waals surface area contributed by atoms with E-state index in [1.807, 2.05) is 4.90 Å². The van der Waals surface area contributed by atoms with Crippen molar-refractivity contribution in [3.63, 3.8) is 0 Å². The summed E-state index contributed by atoms with van der Waals surface area (Å²) < 4.78 is 40.2. The van der Waals surface area contributed by atoms with Crippen molar-refractivity contribution in [2.45, 2.75) is 123 Å². The molecule has 4 heterocycles. The minimum atomic E-state index is -1.05. The molecule has 2 aromatic carbocycles. The van der Waals surface area contributed by atoms with Gasteiger partial charge in [-0.3, -0.25) is 33.7 Å². The lowest BCUT2D eigenvalue weighted by atomic mass is 9.88. The minimum absolute atomic E-state index is 0.00709. The Morgan fingerprint density at radius 1 is 0.878 bits per heavy atom. The molecule has 2 saturated heterocycles. The van der Waals surface area contributed by atoms with E-state index in [0.29, 0.717) is 80.7 Å². The van der Waals surface area contributed by atoms with Gasteiger partial charge in [0.05, 0.1) is 23.7 Å². The van der Waals surface area contributed by atoms with Crippen molar-refractivity contribution in [3.05, 3.63) is 83.8 Å². The molecule has 9 amide bonds. The molecule has 3 aromatic rings. The van der Waals surface area contributed by atoms with Gasteiger partial charge in [0.25, 0.3) is 11.8 Å². The van der Waals surface area contributed by atoms with E-state index >= 15 is 0 Å². The highest BCUT2D eigenvalue weighted by molar-refractivity contribution is 7.99. The van der Waals surface area contributed by atoms with Crippen molar-refractivity contribution >= 4 is 65.0 Å². The van der Waals surface area contributed by atoms with Gasteiger partial charge in [-0.25, -0.2) is 23.4 Å². The van der Waals surface area contributed by atoms with E-state index in [9.17, 15) is 47.1 Å². The van der Waals surface area contributed by atoms with Crippen molar-refractivity contribution in [1.82, 2.24) is 46.4 Å². The number of amides is 9. The number of nitrogens with one attached hydrogen (secondary N) is 7. The lowest BCUT2D eigenvalue weighted by Gasteiger charge is -2.39. The maximum Gasteiger partial charge on any atom is 0.407 e. The second-order valence-electron chi connectivity index (χ2n) is 21.6. The fourth-order valence-corrected chi connectivity index (χ4v) is 11.1. The SMILES string of the molecule is CC(C)[C@H](NC(=O)CCCCCN1C(=O)C=CC1=O)C(=O)N[C@@H](CCCNC(N)=O)C(=O)Nc1ccc(COC(=O)NCCCCCCSCC(=O)N(C[C@@H]2CNC[C@@H]2C)[C@@H](c2ncc(-c3cc(F)ccc3F)[nH]2)C2CCOCC2)cc1. The number of H-pyrrole nitrogens is 1. The Morgan fingerprint density at radius 3 is 2.30 bits per heavy atom. The third kappa shape index (κ3) is 20.5. The molecule has 0 spiro atoms. The van der Waals surface area contributed by atoms with E-state index in [1.54, 1.807) is 49.9 Å². The number of primary amides is 1. The van der Waals surface area contributed by atoms with Crippen LogP contribution in [0.15, 0.2) is 60.8 Å². The van der Waals surface area contributed by atoms with Gasteiger partial charge in [-0.1, -0.05) is 52.2 Å². The lowest BCUT2D eigenvalue weighted by molar-refractivity contribution is -0.137. The molecular formula is C58H81F2N11O10S. The summed E-state index contributed by atoms with van der Waals surface area (Å²) in [6.45, 7) is 9.85. The van der Waals surface area contributed by atoms with E-state index in [1.165, 1.54) is 18.3 Å². The molecule has 3 aliphatic rings. The molecule has 82 heavy (non-hydrogen) atoms. The number of anilines is 1. The van der Waals surface area contributed by atoms with E-state index in [-0.39, 0.29) is 85.2 Å². The number of carbonyl (C=O) groups is 8. The summed E-state index contributed by atoms with van der Waals surface area (Å²) in [5, 5.41) is 17.1. The maximum absolute atomic E-state index is 14.9. The molecule has 0 aliphatic carbocycles. The quantitative estimate of drug-likeness (QED) is 0.0249. The molecule has 1 aromatic heterocycles. The first-order valence-corrected chi connectivity index (χ1v) is 29.8. The molecule has 5 atom stereocenters. The summed E-state index contributed by atoms with van der Waals surface area (Å²) in [4.78, 5) is 113. The van der Waals surface area contributed by atoms with Gasteiger partial charge in [0.2, 0.25) is 23.6 Å². The Hall–Kier alpha value is -6.92. The van der Waals surface area contributed by atoms with Crippen molar-refractivity contribution in [2.75, 3.05) is 69.3 Å². The second kappa shape index (κ2) is 33.3. The second-order valence-corrected chi connectivity index (χ2v) is 22.7. The van der Waals surface area contributed by atoms with E-state index in [4.69, 9.17) is 20.2 Å². The Kier molecular flexibility index (Phi) is 26.1. The molecule has 3 aliphatic heterocycles. The number of nitrogens with two attached hydrogens (primary N) is 1. The van der Waals surface area contributed by atoms with Gasteiger partial charge in [-0.05, 0) is 130 Å². The van der Waals surface area contributed by atoms with E-state index < -0.39 is 53.7 Å². The number of nitrogens with zero attached hydrogens (tertiary/aromatic N) is 3. The summed E-state index contributed by atoms with van der Waals surface area (Å²) >= 11 is 1.59. The van der Waals surface area contributed by atoms with Gasteiger partial charge in [-0.15, -0.1) is 0 Å². The van der Waals surface area contributed by atoms with Crippen LogP contribution in [0, 0.1) is 35.3 Å². The fourth-order valence-electron chi connectivity index (χ4n) is 10.2. The molecule has 6 rings (SSSR count). The van der Waals surface area contributed by atoms with Crippen LogP contribution in [0.5, 0.6) is 0 Å². The zero-order valence-corrected chi connectivity index (χ0v) is 48.1. The van der Waals surface area contributed by atoms with Crippen LogP contribution in [0.4, 0.5) is 24.1 Å². The molecule has 0 unspecified atom stereocenters. The molecule has 2 fully saturated rings. The van der Waals surface area contributed by atoms with Crippen LogP contribution in [0.3, 0.4) is 0 Å². The number of urea groups is 1. The average Bonchev–Trinajstić information content (AvgIpc) is 4.27. The third-order valence-electron chi connectivity index (χ3n) is 14.9. The summed E-state index contributed by atoms with van der Waals surface area (Å²) in [6.07, 6.45) is 10.4. The number of unbranched alkanes of at least 4 members (excludes halogenated alkanes) is 5. The largest absolute Gasteiger partial charge is 0.445 e. The Balaban J connectivity index is 0.894. The number of rotatable bonds is 33. The highest BCUT2D eigenvalue weighted by atomic mass is 32.2. The Morgan fingerprint density at radius 2 is 1.60 bits per heavy atom. The maximum atomic E-state index is 14.9. The molecule has 448 valence electrons. The molecular weight excluding hydrogens is 1080 g/mol. The monoisotopic (exact) mass is 1160 g/mol. The van der Waals surface area contributed by atoms with Crippen LogP contribution in [0.1, 0.15) is 115 Å². The number of ether oxygens (including phenoxy) is 2. The van der Waals surface area contributed by atoms with Crippen LogP contribution in [-0.2, 0) is 44.8 Å². The lowest BCUT2D eigenvalue weighted by Crippen LogP contribution is -2.54. The first-order valence-electron chi connectivity index (χ1n) is 28.6. The first-order chi connectivity index (χ1) is 39.5. The summed E-state index contributed by atoms with van der Waals surface area (Å²) in [5.41, 5.74) is 6.72. The number of aromatic nitrogens is 2. The number of benzene rings is 2. The average molecular weight is 1160 g/mol. The molecule has 0 bridgehead atoms. The summed E-state index contributed by atoms with van der Waals surface area (Å²) in [6, 6.07) is 6.84. The topological polar surface area (TPSA) is 288 Å². The Bertz CT molecular complexity index is 2640. The Labute approximate surface area is 482 Å². The predicted molar refractivity (Wildman–Crippen MR) is 306 cm³/mol. The molecule has 0 radical (unpaired) electrons. The van der Waals surface area contributed by atoms with Gasteiger partial charge in [0.1, 0.15) is 36.1 Å². The zero-order chi connectivity index (χ0) is 59.0. The van der Waals surface area contributed by atoms with Crippen LogP contribution in [0.25, 0.3) is 11.3 Å². The van der Waals surface area contributed by atoms with Gasteiger partial charge in [0, 0.05) is 69.2 Å². The number of hydrogen-bond donors (Lipinski definition) is 8. The van der Waals surface area contributed by atoms with Gasteiger partial charge >= 0.3 is 12.1 Å². The number of imide groups is 1. The van der Waals surface area contributed by atoms with E-state index in [0.717, 1.165) is 80.5 Å². The number of aromatic amines is 1. The number of imidazole rings is 1. The van der Waals surface area contributed by atoms with Crippen LogP contribution in [-0.4, -0.2) is 143 Å².